The number of hydrogen-bond donors (Lipinski definition) is 0. The van der Waals surface area contributed by atoms with E-state index in [-0.39, 0.29) is 4.90 Å². The summed E-state index contributed by atoms with van der Waals surface area (Å²) in [5.41, 5.74) is 4.22. The van der Waals surface area contributed by atoms with Crippen molar-refractivity contribution in [2.24, 2.45) is 0 Å². The van der Waals surface area contributed by atoms with Crippen LogP contribution in [0.5, 0.6) is 0 Å². The molecule has 8 nitrogen and oxygen atoms in total. The first-order chi connectivity index (χ1) is 19.0. The lowest BCUT2D eigenvalue weighted by Gasteiger charge is -2.26. The number of nitriles is 1. The van der Waals surface area contributed by atoms with Crippen molar-refractivity contribution in [3.8, 4) is 23.0 Å². The van der Waals surface area contributed by atoms with Crippen LogP contribution in [0, 0.1) is 11.3 Å². The fourth-order valence-electron chi connectivity index (χ4n) is 4.44. The summed E-state index contributed by atoms with van der Waals surface area (Å²) in [5, 5.41) is 15.5. The van der Waals surface area contributed by atoms with Crippen molar-refractivity contribution in [3.63, 3.8) is 0 Å². The smallest absolute Gasteiger partial charge is 0.243 e. The lowest BCUT2D eigenvalue weighted by atomic mass is 10.1. The summed E-state index contributed by atoms with van der Waals surface area (Å²) >= 11 is 1.46. The maximum Gasteiger partial charge on any atom is 0.243 e. The van der Waals surface area contributed by atoms with E-state index in [1.807, 2.05) is 60.8 Å². The van der Waals surface area contributed by atoms with Crippen molar-refractivity contribution in [1.82, 2.24) is 19.1 Å². The van der Waals surface area contributed by atoms with Crippen LogP contribution in [0.25, 0.3) is 38.8 Å². The van der Waals surface area contributed by atoms with Gasteiger partial charge in [-0.1, -0.05) is 42.5 Å². The number of hydrogen-bond acceptors (Lipinski definition) is 7. The Balaban J connectivity index is 1.42. The molecule has 6 rings (SSSR count). The van der Waals surface area contributed by atoms with Gasteiger partial charge in [0.2, 0.25) is 10.0 Å². The fourth-order valence-corrected chi connectivity index (χ4v) is 6.78. The van der Waals surface area contributed by atoms with Crippen molar-refractivity contribution in [2.75, 3.05) is 26.3 Å². The zero-order chi connectivity index (χ0) is 26.8. The highest BCUT2D eigenvalue weighted by Crippen LogP contribution is 2.32. The van der Waals surface area contributed by atoms with Gasteiger partial charge in [-0.2, -0.15) is 14.7 Å². The van der Waals surface area contributed by atoms with Gasteiger partial charge in [0.1, 0.15) is 11.1 Å². The quantitative estimate of drug-likeness (QED) is 0.267. The molecule has 0 spiro atoms. The molecule has 3 aromatic carbocycles. The molecular weight excluding hydrogens is 530 g/mol. The number of sulfonamides is 1. The number of ether oxygens (including phenoxy) is 1. The van der Waals surface area contributed by atoms with Crippen LogP contribution in [0.3, 0.4) is 0 Å². The van der Waals surface area contributed by atoms with E-state index in [4.69, 9.17) is 9.84 Å². The maximum absolute atomic E-state index is 13.1. The molecule has 3 heterocycles. The third-order valence-corrected chi connectivity index (χ3v) is 9.43. The van der Waals surface area contributed by atoms with E-state index in [2.05, 4.69) is 11.1 Å². The molecule has 0 unspecified atom stereocenters. The Labute approximate surface area is 230 Å². The summed E-state index contributed by atoms with van der Waals surface area (Å²) in [7, 11) is -3.61. The normalized spacial score (nSPS) is 14.9. The molecule has 0 N–H and O–H groups in total. The molecule has 1 aliphatic heterocycles. The van der Waals surface area contributed by atoms with Crippen molar-refractivity contribution in [1.29, 1.82) is 5.26 Å². The number of allylic oxidation sites excluding steroid dienone is 1. The number of fused-ring (bicyclic) bond motifs is 1. The van der Waals surface area contributed by atoms with Gasteiger partial charge in [0, 0.05) is 30.4 Å². The number of para-hydroxylation sites is 2. The van der Waals surface area contributed by atoms with Gasteiger partial charge >= 0.3 is 0 Å². The Hall–Kier alpha value is -4.14. The van der Waals surface area contributed by atoms with Crippen LogP contribution in [-0.4, -0.2) is 53.8 Å². The zero-order valence-corrected chi connectivity index (χ0v) is 22.4. The highest BCUT2D eigenvalue weighted by atomic mass is 32.2. The lowest BCUT2D eigenvalue weighted by molar-refractivity contribution is 0.0730. The number of thiazole rings is 1. The van der Waals surface area contributed by atoms with Crippen molar-refractivity contribution >= 4 is 43.2 Å². The minimum atomic E-state index is -3.61. The van der Waals surface area contributed by atoms with E-state index >= 15 is 0 Å². The Morgan fingerprint density at radius 2 is 1.69 bits per heavy atom. The standard InChI is InChI=1S/C29H23N5O3S2/c30-19-22(29-31-26-8-4-5-9-27(26)38-29)18-23-20-34(24-6-2-1-3-7-24)32-28(23)21-10-12-25(13-11-21)39(35,36)33-14-16-37-17-15-33/h1-13,18,20H,14-17H2. The van der Waals surface area contributed by atoms with Gasteiger partial charge in [0.15, 0.2) is 0 Å². The second kappa shape index (κ2) is 10.6. The molecule has 0 radical (unpaired) electrons. The predicted molar refractivity (Wildman–Crippen MR) is 152 cm³/mol. The molecule has 0 atom stereocenters. The number of rotatable bonds is 6. The summed E-state index contributed by atoms with van der Waals surface area (Å²) in [6, 6.07) is 26.5. The molecule has 0 bridgehead atoms. The van der Waals surface area contributed by atoms with Crippen LogP contribution in [-0.2, 0) is 14.8 Å². The second-order valence-electron chi connectivity index (χ2n) is 8.91. The third kappa shape index (κ3) is 5.01. The Morgan fingerprint density at radius 3 is 2.41 bits per heavy atom. The molecule has 1 saturated heterocycles. The molecule has 0 amide bonds. The van der Waals surface area contributed by atoms with Crippen LogP contribution in [0.1, 0.15) is 10.6 Å². The van der Waals surface area contributed by atoms with Gasteiger partial charge in [0.05, 0.1) is 45.3 Å². The van der Waals surface area contributed by atoms with Crippen LogP contribution >= 0.6 is 11.3 Å². The van der Waals surface area contributed by atoms with E-state index < -0.39 is 10.0 Å². The largest absolute Gasteiger partial charge is 0.379 e. The second-order valence-corrected chi connectivity index (χ2v) is 11.9. The molecule has 194 valence electrons. The highest BCUT2D eigenvalue weighted by molar-refractivity contribution is 7.89. The molecule has 0 aliphatic carbocycles. The molecular formula is C29H23N5O3S2. The first-order valence-electron chi connectivity index (χ1n) is 12.3. The first-order valence-corrected chi connectivity index (χ1v) is 14.6. The van der Waals surface area contributed by atoms with Crippen LogP contribution in [0.4, 0.5) is 0 Å². The first kappa shape index (κ1) is 25.2. The lowest BCUT2D eigenvalue weighted by Crippen LogP contribution is -2.40. The summed E-state index contributed by atoms with van der Waals surface area (Å²) < 4.78 is 35.7. The van der Waals surface area contributed by atoms with Crippen LogP contribution in [0.2, 0.25) is 0 Å². The minimum Gasteiger partial charge on any atom is -0.379 e. The topological polar surface area (TPSA) is 101 Å². The SMILES string of the molecule is N#CC(=Cc1cn(-c2ccccc2)nc1-c1ccc(S(=O)(=O)N2CCOCC2)cc1)c1nc2ccccc2s1. The van der Waals surface area contributed by atoms with E-state index in [0.29, 0.717) is 42.6 Å². The van der Waals surface area contributed by atoms with Gasteiger partial charge in [-0.15, -0.1) is 11.3 Å². The molecule has 2 aromatic heterocycles. The Bertz CT molecular complexity index is 1780. The van der Waals surface area contributed by atoms with E-state index in [1.165, 1.54) is 15.6 Å². The number of nitrogens with zero attached hydrogens (tertiary/aromatic N) is 5. The molecule has 5 aromatic rings. The van der Waals surface area contributed by atoms with Crippen LogP contribution < -0.4 is 0 Å². The Morgan fingerprint density at radius 1 is 0.974 bits per heavy atom. The highest BCUT2D eigenvalue weighted by Gasteiger charge is 2.26. The van der Waals surface area contributed by atoms with Gasteiger partial charge in [-0.25, -0.2) is 18.1 Å². The Kier molecular flexibility index (Phi) is 6.81. The fraction of sp³-hybridized carbons (Fsp3) is 0.138. The van der Waals surface area contributed by atoms with Crippen molar-refractivity contribution < 1.29 is 13.2 Å². The van der Waals surface area contributed by atoms with E-state index in [1.54, 1.807) is 35.0 Å². The molecule has 1 aliphatic rings. The summed E-state index contributed by atoms with van der Waals surface area (Å²) in [6.45, 7) is 1.45. The minimum absolute atomic E-state index is 0.222. The number of morpholine rings is 1. The average molecular weight is 554 g/mol. The summed E-state index contributed by atoms with van der Waals surface area (Å²) in [6.07, 6.45) is 3.66. The predicted octanol–water partition coefficient (Wildman–Crippen LogP) is 5.23. The maximum atomic E-state index is 13.1. The van der Waals surface area contributed by atoms with E-state index in [0.717, 1.165) is 27.0 Å². The van der Waals surface area contributed by atoms with Gasteiger partial charge < -0.3 is 4.74 Å². The number of benzene rings is 3. The number of aromatic nitrogens is 3. The van der Waals surface area contributed by atoms with Gasteiger partial charge in [0.25, 0.3) is 0 Å². The summed E-state index contributed by atoms with van der Waals surface area (Å²) in [5.74, 6) is 0. The van der Waals surface area contributed by atoms with E-state index in [9.17, 15) is 13.7 Å². The third-order valence-electron chi connectivity index (χ3n) is 6.44. The zero-order valence-electron chi connectivity index (χ0n) is 20.8. The summed E-state index contributed by atoms with van der Waals surface area (Å²) in [4.78, 5) is 4.87. The molecule has 1 fully saturated rings. The van der Waals surface area contributed by atoms with Crippen molar-refractivity contribution in [3.05, 3.63) is 95.6 Å². The molecule has 39 heavy (non-hydrogen) atoms. The van der Waals surface area contributed by atoms with Crippen LogP contribution in [0.15, 0.2) is 90.0 Å². The average Bonchev–Trinajstić information content (AvgIpc) is 3.61. The van der Waals surface area contributed by atoms with Gasteiger partial charge in [-0.05, 0) is 42.5 Å². The van der Waals surface area contributed by atoms with Crippen molar-refractivity contribution in [2.45, 2.75) is 4.90 Å². The molecule has 10 heteroatoms. The van der Waals surface area contributed by atoms with Gasteiger partial charge in [-0.3, -0.25) is 0 Å². The monoisotopic (exact) mass is 553 g/mol. The molecule has 0 saturated carbocycles.